The lowest BCUT2D eigenvalue weighted by Gasteiger charge is -1.93. The van der Waals surface area contributed by atoms with Gasteiger partial charge in [-0.15, -0.1) is 0 Å². The van der Waals surface area contributed by atoms with Gasteiger partial charge in [-0.2, -0.15) is 0 Å². The Morgan fingerprint density at radius 1 is 1.80 bits per heavy atom. The lowest BCUT2D eigenvalue weighted by molar-refractivity contribution is -0.134. The Labute approximate surface area is 59.1 Å². The second-order valence-corrected chi connectivity index (χ2v) is 1.34. The van der Waals surface area contributed by atoms with Gasteiger partial charge in [0.2, 0.25) is 0 Å². The second kappa shape index (κ2) is 5.81. The van der Waals surface area contributed by atoms with Gasteiger partial charge in [0.05, 0.1) is 0 Å². The number of carbonyl (C=O) groups excluding carboxylic acids is 1. The fourth-order valence-electron chi connectivity index (χ4n) is 0.274. The van der Waals surface area contributed by atoms with Crippen LogP contribution >= 0.6 is 0 Å². The Kier molecular flexibility index (Phi) is 5.04. The van der Waals surface area contributed by atoms with Gasteiger partial charge in [-0.1, -0.05) is 17.8 Å². The first kappa shape index (κ1) is 8.68. The van der Waals surface area contributed by atoms with Gasteiger partial charge in [-0.25, -0.2) is 4.79 Å². The summed E-state index contributed by atoms with van der Waals surface area (Å²) >= 11 is 0. The standard InChI is InChI=1S/C6H9NO3/c1-3-4-10-6(8)5-7-9-2/h3,5H,1,4H2,2H3. The Hall–Kier alpha value is -1.32. The van der Waals surface area contributed by atoms with Crippen LogP contribution in [0.5, 0.6) is 0 Å². The van der Waals surface area contributed by atoms with Crippen LogP contribution in [0.25, 0.3) is 0 Å². The molecule has 0 aliphatic rings. The molecule has 0 rings (SSSR count). The normalized spacial score (nSPS) is 9.30. The molecule has 0 saturated heterocycles. The van der Waals surface area contributed by atoms with Crippen molar-refractivity contribution in [1.29, 1.82) is 0 Å². The third-order valence-electron chi connectivity index (χ3n) is 0.607. The molecule has 0 aliphatic carbocycles. The van der Waals surface area contributed by atoms with Crippen LogP contribution in [0.2, 0.25) is 0 Å². The van der Waals surface area contributed by atoms with Gasteiger partial charge in [0.1, 0.15) is 13.7 Å². The molecule has 4 nitrogen and oxygen atoms in total. The van der Waals surface area contributed by atoms with E-state index in [1.165, 1.54) is 13.2 Å². The fourth-order valence-corrected chi connectivity index (χ4v) is 0.274. The molecule has 10 heavy (non-hydrogen) atoms. The van der Waals surface area contributed by atoms with Crippen molar-refractivity contribution in [2.24, 2.45) is 5.16 Å². The van der Waals surface area contributed by atoms with Gasteiger partial charge >= 0.3 is 5.97 Å². The van der Waals surface area contributed by atoms with Gasteiger partial charge in [-0.05, 0) is 0 Å². The first-order valence-corrected chi connectivity index (χ1v) is 2.65. The topological polar surface area (TPSA) is 47.9 Å². The largest absolute Gasteiger partial charge is 0.457 e. The highest BCUT2D eigenvalue weighted by atomic mass is 16.6. The highest BCUT2D eigenvalue weighted by molar-refractivity contribution is 6.22. The van der Waals surface area contributed by atoms with Crippen molar-refractivity contribution in [2.75, 3.05) is 13.7 Å². The van der Waals surface area contributed by atoms with Crippen LogP contribution in [0.4, 0.5) is 0 Å². The summed E-state index contributed by atoms with van der Waals surface area (Å²) in [4.78, 5) is 14.7. The Balaban J connectivity index is 3.43. The molecular weight excluding hydrogens is 134 g/mol. The number of ether oxygens (including phenoxy) is 1. The van der Waals surface area contributed by atoms with Crippen LogP contribution in [0.3, 0.4) is 0 Å². The van der Waals surface area contributed by atoms with E-state index in [0.717, 1.165) is 6.21 Å². The number of hydrogen-bond donors (Lipinski definition) is 0. The number of nitrogens with zero attached hydrogens (tertiary/aromatic N) is 1. The van der Waals surface area contributed by atoms with Crippen LogP contribution in [0.1, 0.15) is 0 Å². The first-order chi connectivity index (χ1) is 4.81. The van der Waals surface area contributed by atoms with Gasteiger partial charge in [0.15, 0.2) is 6.21 Å². The summed E-state index contributed by atoms with van der Waals surface area (Å²) in [6, 6.07) is 0. The minimum absolute atomic E-state index is 0.189. The first-order valence-electron chi connectivity index (χ1n) is 2.65. The van der Waals surface area contributed by atoms with E-state index in [1.54, 1.807) is 0 Å². The summed E-state index contributed by atoms with van der Waals surface area (Å²) < 4.78 is 4.51. The zero-order chi connectivity index (χ0) is 7.82. The molecule has 0 aliphatic heterocycles. The Bertz CT molecular complexity index is 142. The molecule has 0 bridgehead atoms. The molecule has 0 aromatic rings. The molecule has 0 unspecified atom stereocenters. The molecule has 0 spiro atoms. The third kappa shape index (κ3) is 4.83. The van der Waals surface area contributed by atoms with Crippen molar-refractivity contribution in [3.8, 4) is 0 Å². The molecule has 0 amide bonds. The van der Waals surface area contributed by atoms with Crippen molar-refractivity contribution in [3.63, 3.8) is 0 Å². The molecule has 0 heterocycles. The van der Waals surface area contributed by atoms with Crippen LogP contribution in [0.15, 0.2) is 17.8 Å². The van der Waals surface area contributed by atoms with Crippen molar-refractivity contribution < 1.29 is 14.4 Å². The summed E-state index contributed by atoms with van der Waals surface area (Å²) in [6.45, 7) is 3.55. The van der Waals surface area contributed by atoms with E-state index in [9.17, 15) is 4.79 Å². The summed E-state index contributed by atoms with van der Waals surface area (Å²) in [5.74, 6) is -0.540. The maximum absolute atomic E-state index is 10.5. The molecule has 0 radical (unpaired) electrons. The van der Waals surface area contributed by atoms with Crippen molar-refractivity contribution in [2.45, 2.75) is 0 Å². The molecule has 0 aromatic carbocycles. The van der Waals surface area contributed by atoms with Gasteiger partial charge in [0, 0.05) is 0 Å². The molecule has 0 aromatic heterocycles. The maximum Gasteiger partial charge on any atom is 0.353 e. The van der Waals surface area contributed by atoms with E-state index >= 15 is 0 Å². The van der Waals surface area contributed by atoms with Gasteiger partial charge in [-0.3, -0.25) is 0 Å². The van der Waals surface area contributed by atoms with E-state index in [4.69, 9.17) is 0 Å². The lowest BCUT2D eigenvalue weighted by Crippen LogP contribution is -2.05. The van der Waals surface area contributed by atoms with Crippen molar-refractivity contribution in [3.05, 3.63) is 12.7 Å². The van der Waals surface area contributed by atoms with Crippen molar-refractivity contribution >= 4 is 12.2 Å². The smallest absolute Gasteiger partial charge is 0.353 e. The third-order valence-corrected chi connectivity index (χ3v) is 0.607. The quantitative estimate of drug-likeness (QED) is 0.247. The van der Waals surface area contributed by atoms with Crippen LogP contribution in [0, 0.1) is 0 Å². The number of rotatable bonds is 4. The monoisotopic (exact) mass is 143 g/mol. The molecule has 0 fully saturated rings. The maximum atomic E-state index is 10.5. The zero-order valence-electron chi connectivity index (χ0n) is 5.74. The SMILES string of the molecule is C=CCOC(=O)C=NOC. The molecule has 0 atom stereocenters. The average molecular weight is 143 g/mol. The number of hydrogen-bond acceptors (Lipinski definition) is 4. The minimum Gasteiger partial charge on any atom is -0.457 e. The second-order valence-electron chi connectivity index (χ2n) is 1.34. The highest BCUT2D eigenvalue weighted by Gasteiger charge is 1.93. The Morgan fingerprint density at radius 3 is 3.00 bits per heavy atom. The fraction of sp³-hybridized carbons (Fsp3) is 0.333. The highest BCUT2D eigenvalue weighted by Crippen LogP contribution is 1.75. The molecule has 0 saturated carbocycles. The predicted octanol–water partition coefficient (Wildman–Crippen LogP) is 0.348. The Morgan fingerprint density at radius 2 is 2.50 bits per heavy atom. The van der Waals surface area contributed by atoms with Gasteiger partial charge in [0.25, 0.3) is 0 Å². The molecular formula is C6H9NO3. The van der Waals surface area contributed by atoms with E-state index in [-0.39, 0.29) is 6.61 Å². The average Bonchev–Trinajstić information content (AvgIpc) is 1.97. The number of oxime groups is 1. The van der Waals surface area contributed by atoms with Gasteiger partial charge < -0.3 is 9.57 Å². The number of carbonyl (C=O) groups is 1. The predicted molar refractivity (Wildman–Crippen MR) is 36.7 cm³/mol. The van der Waals surface area contributed by atoms with E-state index in [0.29, 0.717) is 0 Å². The van der Waals surface area contributed by atoms with E-state index in [2.05, 4.69) is 21.3 Å². The summed E-state index contributed by atoms with van der Waals surface area (Å²) in [5, 5.41) is 3.19. The van der Waals surface area contributed by atoms with Crippen LogP contribution in [-0.4, -0.2) is 25.9 Å². The van der Waals surface area contributed by atoms with E-state index < -0.39 is 5.97 Å². The summed E-state index contributed by atoms with van der Waals surface area (Å²) in [7, 11) is 1.34. The molecule has 4 heteroatoms. The number of esters is 1. The minimum atomic E-state index is -0.540. The summed E-state index contributed by atoms with van der Waals surface area (Å²) in [6.07, 6.45) is 2.42. The van der Waals surface area contributed by atoms with Crippen molar-refractivity contribution in [1.82, 2.24) is 0 Å². The zero-order valence-corrected chi connectivity index (χ0v) is 5.74. The van der Waals surface area contributed by atoms with Crippen LogP contribution < -0.4 is 0 Å². The summed E-state index contributed by atoms with van der Waals surface area (Å²) in [5.41, 5.74) is 0. The van der Waals surface area contributed by atoms with E-state index in [1.807, 2.05) is 0 Å². The molecule has 0 N–H and O–H groups in total. The molecule has 56 valence electrons. The lowest BCUT2D eigenvalue weighted by atomic mass is 10.7. The van der Waals surface area contributed by atoms with Crippen LogP contribution in [-0.2, 0) is 14.4 Å².